The van der Waals surface area contributed by atoms with Crippen LogP contribution in [0.3, 0.4) is 0 Å². The van der Waals surface area contributed by atoms with Gasteiger partial charge in [0.15, 0.2) is 0 Å². The fourth-order valence-corrected chi connectivity index (χ4v) is 3.77. The van der Waals surface area contributed by atoms with Crippen LogP contribution in [0.25, 0.3) is 0 Å². The van der Waals surface area contributed by atoms with E-state index in [0.717, 1.165) is 29.9 Å². The minimum atomic E-state index is 0.391. The van der Waals surface area contributed by atoms with Crippen molar-refractivity contribution in [1.82, 2.24) is 5.32 Å². The van der Waals surface area contributed by atoms with Gasteiger partial charge in [0.25, 0.3) is 0 Å². The lowest BCUT2D eigenvalue weighted by Crippen LogP contribution is -2.31. The molecule has 0 radical (unpaired) electrons. The van der Waals surface area contributed by atoms with Gasteiger partial charge < -0.3 is 9.73 Å². The molecular weight excluding hydrogens is 258 g/mol. The summed E-state index contributed by atoms with van der Waals surface area (Å²) in [5.74, 6) is 3.83. The van der Waals surface area contributed by atoms with Gasteiger partial charge in [-0.1, -0.05) is 20.8 Å². The highest BCUT2D eigenvalue weighted by atomic mass is 16.3. The van der Waals surface area contributed by atoms with E-state index in [1.54, 1.807) is 0 Å². The molecule has 1 atom stereocenters. The van der Waals surface area contributed by atoms with Gasteiger partial charge in [-0.3, -0.25) is 0 Å². The Labute approximate surface area is 130 Å². The average molecular weight is 291 g/mol. The van der Waals surface area contributed by atoms with Gasteiger partial charge in [-0.15, -0.1) is 0 Å². The van der Waals surface area contributed by atoms with Crippen LogP contribution in [0.1, 0.15) is 76.5 Å². The molecule has 1 aromatic rings. The van der Waals surface area contributed by atoms with Crippen LogP contribution >= 0.6 is 0 Å². The van der Waals surface area contributed by atoms with Crippen molar-refractivity contribution in [3.63, 3.8) is 0 Å². The second kappa shape index (κ2) is 6.56. The van der Waals surface area contributed by atoms with E-state index in [-0.39, 0.29) is 0 Å². The third kappa shape index (κ3) is 4.35. The second-order valence-electron chi connectivity index (χ2n) is 8.08. The summed E-state index contributed by atoms with van der Waals surface area (Å²) < 4.78 is 5.64. The standard InChI is InChI=1S/C19H33NO/c1-13-11-18(15(3)21-13)14(2)20-12-16-7-9-17(10-8-16)19(4,5)6/h11,14,16-17,20H,7-10,12H2,1-6H3. The molecule has 120 valence electrons. The summed E-state index contributed by atoms with van der Waals surface area (Å²) in [4.78, 5) is 0. The first-order valence-corrected chi connectivity index (χ1v) is 8.57. The normalized spacial score (nSPS) is 25.0. The summed E-state index contributed by atoms with van der Waals surface area (Å²) in [5.41, 5.74) is 1.80. The third-order valence-corrected chi connectivity index (χ3v) is 5.33. The Morgan fingerprint density at radius 1 is 1.19 bits per heavy atom. The van der Waals surface area contributed by atoms with Crippen molar-refractivity contribution in [3.05, 3.63) is 23.2 Å². The minimum Gasteiger partial charge on any atom is -0.466 e. The molecule has 0 aliphatic heterocycles. The number of hydrogen-bond donors (Lipinski definition) is 1. The molecule has 0 saturated heterocycles. The largest absolute Gasteiger partial charge is 0.466 e. The fraction of sp³-hybridized carbons (Fsp3) is 0.789. The van der Waals surface area contributed by atoms with E-state index in [1.807, 2.05) is 6.92 Å². The van der Waals surface area contributed by atoms with Crippen LogP contribution in [0.2, 0.25) is 0 Å². The number of rotatable bonds is 4. The van der Waals surface area contributed by atoms with Crippen LogP contribution in [-0.2, 0) is 0 Å². The predicted octanol–water partition coefficient (Wildman–Crippen LogP) is 5.40. The summed E-state index contributed by atoms with van der Waals surface area (Å²) in [6, 6.07) is 2.56. The first-order chi connectivity index (χ1) is 9.77. The van der Waals surface area contributed by atoms with Gasteiger partial charge in [0.2, 0.25) is 0 Å². The molecule has 1 saturated carbocycles. The number of aryl methyl sites for hydroxylation is 2. The molecule has 1 aromatic heterocycles. The van der Waals surface area contributed by atoms with Crippen molar-refractivity contribution in [2.24, 2.45) is 17.3 Å². The zero-order chi connectivity index (χ0) is 15.6. The average Bonchev–Trinajstić information content (AvgIpc) is 2.74. The van der Waals surface area contributed by atoms with Gasteiger partial charge in [0.05, 0.1) is 0 Å². The van der Waals surface area contributed by atoms with Crippen LogP contribution in [0, 0.1) is 31.1 Å². The molecule has 0 bridgehead atoms. The van der Waals surface area contributed by atoms with Crippen LogP contribution in [0.4, 0.5) is 0 Å². The molecule has 1 heterocycles. The maximum Gasteiger partial charge on any atom is 0.105 e. The van der Waals surface area contributed by atoms with E-state index in [4.69, 9.17) is 4.42 Å². The van der Waals surface area contributed by atoms with Gasteiger partial charge in [0, 0.05) is 11.6 Å². The Kier molecular flexibility index (Phi) is 5.19. The van der Waals surface area contributed by atoms with Crippen molar-refractivity contribution in [1.29, 1.82) is 0 Å². The van der Waals surface area contributed by atoms with Gasteiger partial charge in [-0.25, -0.2) is 0 Å². The van der Waals surface area contributed by atoms with Gasteiger partial charge in [0.1, 0.15) is 11.5 Å². The molecular formula is C19H33NO. The molecule has 0 aromatic carbocycles. The van der Waals surface area contributed by atoms with Gasteiger partial charge in [-0.2, -0.15) is 0 Å². The molecule has 2 nitrogen and oxygen atoms in total. The highest BCUT2D eigenvalue weighted by Gasteiger charge is 2.29. The summed E-state index contributed by atoms with van der Waals surface area (Å²) >= 11 is 0. The van der Waals surface area contributed by atoms with Crippen LogP contribution < -0.4 is 5.32 Å². The monoisotopic (exact) mass is 291 g/mol. The van der Waals surface area contributed by atoms with E-state index in [1.165, 1.54) is 31.2 Å². The third-order valence-electron chi connectivity index (χ3n) is 5.33. The lowest BCUT2D eigenvalue weighted by Gasteiger charge is -2.37. The molecule has 1 aliphatic rings. The molecule has 2 rings (SSSR count). The zero-order valence-electron chi connectivity index (χ0n) is 14.8. The zero-order valence-corrected chi connectivity index (χ0v) is 14.8. The molecule has 2 heteroatoms. The maximum atomic E-state index is 5.64. The first kappa shape index (κ1) is 16.6. The minimum absolute atomic E-state index is 0.391. The molecule has 1 N–H and O–H groups in total. The molecule has 1 unspecified atom stereocenters. The highest BCUT2D eigenvalue weighted by molar-refractivity contribution is 5.23. The second-order valence-corrected chi connectivity index (χ2v) is 8.08. The molecule has 21 heavy (non-hydrogen) atoms. The fourth-order valence-electron chi connectivity index (χ4n) is 3.77. The molecule has 1 aliphatic carbocycles. The van der Waals surface area contributed by atoms with Crippen molar-refractivity contribution in [3.8, 4) is 0 Å². The molecule has 0 amide bonds. The van der Waals surface area contributed by atoms with Crippen LogP contribution in [0.15, 0.2) is 10.5 Å². The van der Waals surface area contributed by atoms with Crippen LogP contribution in [-0.4, -0.2) is 6.54 Å². The van der Waals surface area contributed by atoms with Gasteiger partial charge >= 0.3 is 0 Å². The first-order valence-electron chi connectivity index (χ1n) is 8.57. The van der Waals surface area contributed by atoms with E-state index in [0.29, 0.717) is 11.5 Å². The lowest BCUT2D eigenvalue weighted by atomic mass is 9.70. The van der Waals surface area contributed by atoms with Gasteiger partial charge in [-0.05, 0) is 76.3 Å². The van der Waals surface area contributed by atoms with E-state index in [2.05, 4.69) is 46.0 Å². The van der Waals surface area contributed by atoms with Crippen molar-refractivity contribution in [2.75, 3.05) is 6.54 Å². The Balaban J connectivity index is 1.78. The van der Waals surface area contributed by atoms with E-state index < -0.39 is 0 Å². The van der Waals surface area contributed by atoms with E-state index >= 15 is 0 Å². The summed E-state index contributed by atoms with van der Waals surface area (Å²) in [5, 5.41) is 3.72. The SMILES string of the molecule is Cc1cc(C(C)NCC2CCC(C(C)(C)C)CC2)c(C)o1. The number of furan rings is 1. The van der Waals surface area contributed by atoms with Crippen LogP contribution in [0.5, 0.6) is 0 Å². The summed E-state index contributed by atoms with van der Waals surface area (Å²) in [6.07, 6.45) is 5.55. The topological polar surface area (TPSA) is 25.2 Å². The molecule has 0 spiro atoms. The maximum absolute atomic E-state index is 5.64. The molecule has 1 fully saturated rings. The highest BCUT2D eigenvalue weighted by Crippen LogP contribution is 2.39. The summed E-state index contributed by atoms with van der Waals surface area (Å²) in [6.45, 7) is 14.7. The van der Waals surface area contributed by atoms with Crippen molar-refractivity contribution >= 4 is 0 Å². The Morgan fingerprint density at radius 3 is 2.29 bits per heavy atom. The smallest absolute Gasteiger partial charge is 0.105 e. The predicted molar refractivity (Wildman–Crippen MR) is 89.5 cm³/mol. The number of nitrogens with one attached hydrogen (secondary N) is 1. The van der Waals surface area contributed by atoms with Crippen molar-refractivity contribution in [2.45, 2.75) is 73.3 Å². The van der Waals surface area contributed by atoms with Crippen molar-refractivity contribution < 1.29 is 4.42 Å². The van der Waals surface area contributed by atoms with E-state index in [9.17, 15) is 0 Å². The lowest BCUT2D eigenvalue weighted by molar-refractivity contribution is 0.148. The Morgan fingerprint density at radius 2 is 1.81 bits per heavy atom. The number of hydrogen-bond acceptors (Lipinski definition) is 2. The Hall–Kier alpha value is -0.760. The Bertz CT molecular complexity index is 447. The summed E-state index contributed by atoms with van der Waals surface area (Å²) in [7, 11) is 0. The quantitative estimate of drug-likeness (QED) is 0.803.